The van der Waals surface area contributed by atoms with Gasteiger partial charge in [0.25, 0.3) is 0 Å². The standard InChI is InChI=1S/C12H15N7S2.C2H4O3/c13-2-1-5-18(8-10-15-4-7-20-10)12-16-11(17-21-12)19-6-3-14-9-19;3-1-2(4)5/h3-4,6-7,9H,1-2,5,8,13H2;3H,1H2,(H,4,5). The SMILES string of the molecule is NCCCN(Cc1nccs1)c1nc(-n2ccnc2)ns1.O=C(O)CO. The van der Waals surface area contributed by atoms with E-state index >= 15 is 0 Å². The number of carboxylic acid groups (broad SMARTS) is 1. The van der Waals surface area contributed by atoms with Gasteiger partial charge in [0.1, 0.15) is 17.9 Å². The molecule has 0 aliphatic carbocycles. The Morgan fingerprint density at radius 3 is 2.77 bits per heavy atom. The number of anilines is 1. The van der Waals surface area contributed by atoms with Crippen molar-refractivity contribution in [2.45, 2.75) is 13.0 Å². The molecule has 3 aromatic heterocycles. The summed E-state index contributed by atoms with van der Waals surface area (Å²) >= 11 is 3.02. The van der Waals surface area contributed by atoms with Crippen molar-refractivity contribution in [3.05, 3.63) is 35.3 Å². The lowest BCUT2D eigenvalue weighted by Gasteiger charge is -2.19. The van der Waals surface area contributed by atoms with Crippen LogP contribution in [-0.4, -0.2) is 59.8 Å². The van der Waals surface area contributed by atoms with Crippen LogP contribution < -0.4 is 10.6 Å². The molecule has 0 bridgehead atoms. The molecule has 3 heterocycles. The molecule has 0 amide bonds. The van der Waals surface area contributed by atoms with Crippen LogP contribution in [0.1, 0.15) is 11.4 Å². The van der Waals surface area contributed by atoms with Crippen molar-refractivity contribution in [3.63, 3.8) is 0 Å². The van der Waals surface area contributed by atoms with Gasteiger partial charge in [-0.25, -0.2) is 14.8 Å². The Hall–Kier alpha value is -2.41. The smallest absolute Gasteiger partial charge is 0.329 e. The molecule has 0 aromatic carbocycles. The predicted molar refractivity (Wildman–Crippen MR) is 98.6 cm³/mol. The lowest BCUT2D eigenvalue weighted by molar-refractivity contribution is -0.140. The number of aromatic nitrogens is 5. The molecule has 4 N–H and O–H groups in total. The van der Waals surface area contributed by atoms with Gasteiger partial charge < -0.3 is 20.8 Å². The number of imidazole rings is 1. The van der Waals surface area contributed by atoms with Gasteiger partial charge in [0, 0.05) is 42.0 Å². The molecule has 0 atom stereocenters. The van der Waals surface area contributed by atoms with Crippen LogP contribution in [0.2, 0.25) is 0 Å². The second-order valence-corrected chi connectivity index (χ2v) is 6.60. The largest absolute Gasteiger partial charge is 0.480 e. The van der Waals surface area contributed by atoms with Crippen LogP contribution in [0, 0.1) is 0 Å². The minimum Gasteiger partial charge on any atom is -0.480 e. The van der Waals surface area contributed by atoms with E-state index in [1.54, 1.807) is 28.4 Å². The van der Waals surface area contributed by atoms with Crippen molar-refractivity contribution < 1.29 is 15.0 Å². The van der Waals surface area contributed by atoms with E-state index in [9.17, 15) is 0 Å². The van der Waals surface area contributed by atoms with Crippen LogP contribution in [0.5, 0.6) is 0 Å². The summed E-state index contributed by atoms with van der Waals surface area (Å²) in [6, 6.07) is 0. The summed E-state index contributed by atoms with van der Waals surface area (Å²) in [6.45, 7) is 1.45. The van der Waals surface area contributed by atoms with Gasteiger partial charge >= 0.3 is 5.97 Å². The highest BCUT2D eigenvalue weighted by Crippen LogP contribution is 2.22. The normalized spacial score (nSPS) is 10.2. The fourth-order valence-electron chi connectivity index (χ4n) is 1.84. The van der Waals surface area contributed by atoms with E-state index in [0.717, 1.165) is 29.6 Å². The number of thiazole rings is 1. The molecule has 0 unspecified atom stereocenters. The number of nitrogens with two attached hydrogens (primary N) is 1. The van der Waals surface area contributed by atoms with Crippen molar-refractivity contribution in [3.8, 4) is 5.95 Å². The van der Waals surface area contributed by atoms with Crippen LogP contribution in [0.4, 0.5) is 5.13 Å². The highest BCUT2D eigenvalue weighted by molar-refractivity contribution is 7.10. The topological polar surface area (TPSA) is 143 Å². The second-order valence-electron chi connectivity index (χ2n) is 4.89. The lowest BCUT2D eigenvalue weighted by atomic mass is 10.4. The summed E-state index contributed by atoms with van der Waals surface area (Å²) in [5, 5.41) is 18.9. The van der Waals surface area contributed by atoms with E-state index < -0.39 is 12.6 Å². The average Bonchev–Trinajstić information content (AvgIpc) is 3.40. The van der Waals surface area contributed by atoms with E-state index in [2.05, 4.69) is 24.2 Å². The minimum absolute atomic E-state index is 0.643. The third-order valence-corrected chi connectivity index (χ3v) is 4.52. The predicted octanol–water partition coefficient (Wildman–Crippen LogP) is 0.599. The van der Waals surface area contributed by atoms with Crippen LogP contribution >= 0.6 is 22.9 Å². The molecular weight excluding hydrogens is 378 g/mol. The molecule has 0 saturated carbocycles. The molecule has 26 heavy (non-hydrogen) atoms. The fraction of sp³-hybridized carbons (Fsp3) is 0.357. The minimum atomic E-state index is -1.19. The third-order valence-electron chi connectivity index (χ3n) is 2.99. The maximum Gasteiger partial charge on any atom is 0.329 e. The van der Waals surface area contributed by atoms with Gasteiger partial charge in [-0.2, -0.15) is 9.36 Å². The van der Waals surface area contributed by atoms with E-state index in [1.165, 1.54) is 11.5 Å². The lowest BCUT2D eigenvalue weighted by Crippen LogP contribution is -2.25. The molecule has 3 aromatic rings. The summed E-state index contributed by atoms with van der Waals surface area (Å²) in [6.07, 6.45) is 7.96. The summed E-state index contributed by atoms with van der Waals surface area (Å²) in [7, 11) is 0. The van der Waals surface area contributed by atoms with E-state index in [4.69, 9.17) is 20.7 Å². The van der Waals surface area contributed by atoms with E-state index in [0.29, 0.717) is 12.5 Å². The summed E-state index contributed by atoms with van der Waals surface area (Å²) in [4.78, 5) is 24.2. The Balaban J connectivity index is 0.000000431. The second kappa shape index (κ2) is 10.6. The fourth-order valence-corrected chi connectivity index (χ4v) is 3.16. The van der Waals surface area contributed by atoms with Crippen LogP contribution in [-0.2, 0) is 11.3 Å². The summed E-state index contributed by atoms with van der Waals surface area (Å²) < 4.78 is 6.18. The molecule has 0 radical (unpaired) electrons. The van der Waals surface area contributed by atoms with Gasteiger partial charge in [0.2, 0.25) is 11.1 Å². The number of carbonyl (C=O) groups is 1. The molecule has 0 fully saturated rings. The first kappa shape index (κ1) is 19.9. The Bertz CT molecular complexity index is 761. The van der Waals surface area contributed by atoms with Gasteiger partial charge in [-0.15, -0.1) is 11.3 Å². The maximum atomic E-state index is 9.12. The summed E-state index contributed by atoms with van der Waals surface area (Å²) in [5.41, 5.74) is 5.63. The first-order valence-corrected chi connectivity index (χ1v) is 9.27. The first-order valence-electron chi connectivity index (χ1n) is 7.62. The zero-order chi connectivity index (χ0) is 18.8. The Morgan fingerprint density at radius 2 is 2.19 bits per heavy atom. The number of carboxylic acids is 1. The number of aliphatic hydroxyl groups is 1. The van der Waals surface area contributed by atoms with E-state index in [1.807, 2.05) is 17.8 Å². The molecule has 12 heteroatoms. The van der Waals surface area contributed by atoms with Gasteiger partial charge in [0.05, 0.1) is 6.54 Å². The van der Waals surface area contributed by atoms with Gasteiger partial charge in [0.15, 0.2) is 0 Å². The highest BCUT2D eigenvalue weighted by Gasteiger charge is 2.14. The van der Waals surface area contributed by atoms with Crippen molar-refractivity contribution in [2.75, 3.05) is 24.6 Å². The number of aliphatic carboxylic acids is 1. The van der Waals surface area contributed by atoms with Crippen LogP contribution in [0.15, 0.2) is 30.3 Å². The number of aliphatic hydroxyl groups excluding tert-OH is 1. The third kappa shape index (κ3) is 6.15. The number of hydrogen-bond donors (Lipinski definition) is 3. The zero-order valence-electron chi connectivity index (χ0n) is 13.8. The average molecular weight is 397 g/mol. The Kier molecular flexibility index (Phi) is 8.08. The molecule has 140 valence electrons. The maximum absolute atomic E-state index is 9.12. The molecule has 0 aliphatic heterocycles. The monoisotopic (exact) mass is 397 g/mol. The molecular formula is C14H19N7O3S2. The zero-order valence-corrected chi connectivity index (χ0v) is 15.4. The molecule has 10 nitrogen and oxygen atoms in total. The van der Waals surface area contributed by atoms with Crippen LogP contribution in [0.3, 0.4) is 0 Å². The Morgan fingerprint density at radius 1 is 1.38 bits per heavy atom. The molecule has 0 saturated heterocycles. The van der Waals surface area contributed by atoms with E-state index in [-0.39, 0.29) is 0 Å². The number of rotatable bonds is 8. The molecule has 0 aliphatic rings. The van der Waals surface area contributed by atoms with Gasteiger partial charge in [-0.05, 0) is 13.0 Å². The van der Waals surface area contributed by atoms with Gasteiger partial charge in [-0.1, -0.05) is 0 Å². The quantitative estimate of drug-likeness (QED) is 0.497. The van der Waals surface area contributed by atoms with Crippen molar-refractivity contribution in [1.82, 2.24) is 23.9 Å². The molecule has 3 rings (SSSR count). The Labute approximate surface area is 157 Å². The number of hydrogen-bond acceptors (Lipinski definition) is 10. The highest BCUT2D eigenvalue weighted by atomic mass is 32.1. The molecule has 0 spiro atoms. The van der Waals surface area contributed by atoms with Gasteiger partial charge in [-0.3, -0.25) is 4.57 Å². The van der Waals surface area contributed by atoms with Crippen LogP contribution in [0.25, 0.3) is 5.95 Å². The van der Waals surface area contributed by atoms with Crippen molar-refractivity contribution in [1.29, 1.82) is 0 Å². The van der Waals surface area contributed by atoms with Crippen molar-refractivity contribution in [2.24, 2.45) is 5.73 Å². The summed E-state index contributed by atoms with van der Waals surface area (Å²) in [5.74, 6) is -0.547. The van der Waals surface area contributed by atoms with Crippen molar-refractivity contribution >= 4 is 34.0 Å². The first-order chi connectivity index (χ1) is 12.6. The number of nitrogens with zero attached hydrogens (tertiary/aromatic N) is 6.